The molecule has 1 aromatic carbocycles. The predicted octanol–water partition coefficient (Wildman–Crippen LogP) is 4.80. The minimum Gasteiger partial charge on any atom is -0.492 e. The maximum atomic E-state index is 13.0. The Hall–Kier alpha value is -2.63. The summed E-state index contributed by atoms with van der Waals surface area (Å²) in [5, 5.41) is 13.7. The van der Waals surface area contributed by atoms with Gasteiger partial charge in [-0.2, -0.15) is 5.26 Å². The van der Waals surface area contributed by atoms with Crippen LogP contribution in [-0.2, 0) is 0 Å². The highest BCUT2D eigenvalue weighted by atomic mass is 32.1. The van der Waals surface area contributed by atoms with E-state index in [1.54, 1.807) is 0 Å². The lowest BCUT2D eigenvalue weighted by Gasteiger charge is -2.24. The molecule has 7 nitrogen and oxygen atoms in total. The van der Waals surface area contributed by atoms with Gasteiger partial charge in [-0.15, -0.1) is 11.3 Å². The molecule has 2 heterocycles. The highest BCUT2D eigenvalue weighted by molar-refractivity contribution is 7.17. The van der Waals surface area contributed by atoms with E-state index in [4.69, 9.17) is 4.74 Å². The number of nitrogens with one attached hydrogen (secondary N) is 1. The van der Waals surface area contributed by atoms with Crippen molar-refractivity contribution in [3.8, 4) is 22.4 Å². The number of rotatable bonds is 10. The zero-order valence-electron chi connectivity index (χ0n) is 20.4. The first kappa shape index (κ1) is 25.0. The first-order chi connectivity index (χ1) is 16.0. The third-order valence-electron chi connectivity index (χ3n) is 6.29. The smallest absolute Gasteiger partial charge is 0.264 e. The molecule has 1 fully saturated rings. The number of thiazole rings is 1. The van der Waals surface area contributed by atoms with E-state index < -0.39 is 0 Å². The molecule has 8 heteroatoms. The SMILES string of the molecule is CCOc1c(-c2nc(C)c(C(=O)NCN3CCCC3CC)s2)ccc(N(CC)CC)c1C#N. The number of carbonyl (C=O) groups excluding carboxylic acids is 1. The van der Waals surface area contributed by atoms with Crippen LogP contribution in [0.4, 0.5) is 5.69 Å². The zero-order chi connectivity index (χ0) is 24.0. The van der Waals surface area contributed by atoms with Crippen LogP contribution in [0.5, 0.6) is 5.75 Å². The Labute approximate surface area is 201 Å². The van der Waals surface area contributed by atoms with E-state index in [0.29, 0.717) is 46.2 Å². The standard InChI is InChI=1S/C25H35N5O2S/c1-6-18-11-10-14-30(18)16-27-24(31)23-17(5)28-25(33-23)19-12-13-21(29(7-2)8-3)20(15-26)22(19)32-9-4/h12-13,18H,6-11,14,16H2,1-5H3,(H,27,31). The molecule has 0 bridgehead atoms. The maximum absolute atomic E-state index is 13.0. The van der Waals surface area contributed by atoms with Crippen molar-refractivity contribution in [3.63, 3.8) is 0 Å². The van der Waals surface area contributed by atoms with E-state index >= 15 is 0 Å². The second kappa shape index (κ2) is 11.5. The molecule has 1 aromatic heterocycles. The molecule has 3 rings (SSSR count). The summed E-state index contributed by atoms with van der Waals surface area (Å²) in [6.07, 6.45) is 3.48. The number of benzene rings is 1. The van der Waals surface area contributed by atoms with Crippen LogP contribution < -0.4 is 15.0 Å². The van der Waals surface area contributed by atoms with Gasteiger partial charge in [-0.3, -0.25) is 9.69 Å². The number of carbonyl (C=O) groups is 1. The Kier molecular flexibility index (Phi) is 8.70. The Balaban J connectivity index is 1.90. The highest BCUT2D eigenvalue weighted by Gasteiger charge is 2.25. The molecule has 0 aliphatic carbocycles. The number of anilines is 1. The summed E-state index contributed by atoms with van der Waals surface area (Å²) in [5.41, 5.74) is 2.81. The third kappa shape index (κ3) is 5.31. The fourth-order valence-corrected chi connectivity index (χ4v) is 5.52. The molecular weight excluding hydrogens is 434 g/mol. The number of ether oxygens (including phenoxy) is 1. The molecule has 178 valence electrons. The Morgan fingerprint density at radius 3 is 2.73 bits per heavy atom. The van der Waals surface area contributed by atoms with Crippen molar-refractivity contribution < 1.29 is 9.53 Å². The van der Waals surface area contributed by atoms with Gasteiger partial charge in [-0.1, -0.05) is 6.92 Å². The van der Waals surface area contributed by atoms with Crippen LogP contribution in [0, 0.1) is 18.3 Å². The summed E-state index contributed by atoms with van der Waals surface area (Å²) in [4.78, 5) is 22.7. The minimum absolute atomic E-state index is 0.101. The lowest BCUT2D eigenvalue weighted by Crippen LogP contribution is -2.40. The zero-order valence-corrected chi connectivity index (χ0v) is 21.2. The van der Waals surface area contributed by atoms with Gasteiger partial charge in [-0.05, 0) is 59.1 Å². The Morgan fingerprint density at radius 2 is 2.09 bits per heavy atom. The first-order valence-corrected chi connectivity index (χ1v) is 12.7. The van der Waals surface area contributed by atoms with Crippen molar-refractivity contribution >= 4 is 22.9 Å². The second-order valence-electron chi connectivity index (χ2n) is 8.17. The van der Waals surface area contributed by atoms with Gasteiger partial charge in [0.05, 0.1) is 30.2 Å². The molecule has 0 spiro atoms. The first-order valence-electron chi connectivity index (χ1n) is 11.9. The summed E-state index contributed by atoms with van der Waals surface area (Å²) in [5.74, 6) is 0.434. The molecule has 2 aromatic rings. The maximum Gasteiger partial charge on any atom is 0.264 e. The summed E-state index contributed by atoms with van der Waals surface area (Å²) in [6, 6.07) is 6.80. The van der Waals surface area contributed by atoms with Crippen molar-refractivity contribution in [1.29, 1.82) is 5.26 Å². The third-order valence-corrected chi connectivity index (χ3v) is 7.48. The van der Waals surface area contributed by atoms with Crippen molar-refractivity contribution in [3.05, 3.63) is 28.3 Å². The molecule has 0 radical (unpaired) electrons. The van der Waals surface area contributed by atoms with Crippen LogP contribution >= 0.6 is 11.3 Å². The van der Waals surface area contributed by atoms with Crippen LogP contribution in [0.3, 0.4) is 0 Å². The summed E-state index contributed by atoms with van der Waals surface area (Å²) < 4.78 is 5.95. The van der Waals surface area contributed by atoms with Crippen molar-refractivity contribution in [2.45, 2.75) is 59.9 Å². The minimum atomic E-state index is -0.101. The number of hydrogen-bond donors (Lipinski definition) is 1. The molecule has 33 heavy (non-hydrogen) atoms. The lowest BCUT2D eigenvalue weighted by molar-refractivity contribution is 0.0920. The molecular formula is C25H35N5O2S. The van der Waals surface area contributed by atoms with E-state index in [1.807, 2.05) is 26.0 Å². The number of nitrogens with zero attached hydrogens (tertiary/aromatic N) is 4. The fourth-order valence-electron chi connectivity index (χ4n) is 4.51. The van der Waals surface area contributed by atoms with Gasteiger partial charge >= 0.3 is 0 Å². The van der Waals surface area contributed by atoms with Crippen LogP contribution in [0.2, 0.25) is 0 Å². The predicted molar refractivity (Wildman–Crippen MR) is 134 cm³/mol. The van der Waals surface area contributed by atoms with E-state index in [1.165, 1.54) is 24.2 Å². The number of aromatic nitrogens is 1. The summed E-state index contributed by atoms with van der Waals surface area (Å²) >= 11 is 1.35. The molecule has 1 saturated heterocycles. The highest BCUT2D eigenvalue weighted by Crippen LogP contribution is 2.40. The van der Waals surface area contributed by atoms with Crippen LogP contribution in [-0.4, -0.2) is 54.7 Å². The average Bonchev–Trinajstić information content (AvgIpc) is 3.44. The Bertz CT molecular complexity index is 1010. The van der Waals surface area contributed by atoms with Gasteiger partial charge < -0.3 is 15.0 Å². The Morgan fingerprint density at radius 1 is 1.33 bits per heavy atom. The molecule has 1 amide bonds. The molecule has 1 aliphatic heterocycles. The number of likely N-dealkylation sites (tertiary alicyclic amines) is 1. The van der Waals surface area contributed by atoms with Gasteiger partial charge in [0.15, 0.2) is 0 Å². The fraction of sp³-hybridized carbons (Fsp3) is 0.560. The molecule has 1 aliphatic rings. The van der Waals surface area contributed by atoms with Gasteiger partial charge in [0.2, 0.25) is 0 Å². The molecule has 1 atom stereocenters. The number of amides is 1. The quantitative estimate of drug-likeness (QED) is 0.538. The van der Waals surface area contributed by atoms with Crippen molar-refractivity contribution in [2.75, 3.05) is 37.8 Å². The second-order valence-corrected chi connectivity index (χ2v) is 9.17. The number of hydrogen-bond acceptors (Lipinski definition) is 7. The monoisotopic (exact) mass is 469 g/mol. The largest absolute Gasteiger partial charge is 0.492 e. The van der Waals surface area contributed by atoms with Crippen LogP contribution in [0.1, 0.15) is 67.9 Å². The van der Waals surface area contributed by atoms with Gasteiger partial charge in [0.25, 0.3) is 5.91 Å². The van der Waals surface area contributed by atoms with Crippen LogP contribution in [0.25, 0.3) is 10.6 Å². The molecule has 0 saturated carbocycles. The van der Waals surface area contributed by atoms with Gasteiger partial charge in [0, 0.05) is 25.7 Å². The van der Waals surface area contributed by atoms with Crippen molar-refractivity contribution in [1.82, 2.24) is 15.2 Å². The van der Waals surface area contributed by atoms with Crippen LogP contribution in [0.15, 0.2) is 12.1 Å². The average molecular weight is 470 g/mol. The van der Waals surface area contributed by atoms with E-state index in [-0.39, 0.29) is 5.91 Å². The summed E-state index contributed by atoms with van der Waals surface area (Å²) in [7, 11) is 0. The molecule has 1 N–H and O–H groups in total. The number of aryl methyl sites for hydroxylation is 1. The lowest BCUT2D eigenvalue weighted by atomic mass is 10.1. The van der Waals surface area contributed by atoms with E-state index in [2.05, 4.69) is 46.9 Å². The molecule has 1 unspecified atom stereocenters. The van der Waals surface area contributed by atoms with Gasteiger partial charge in [0.1, 0.15) is 27.3 Å². The van der Waals surface area contributed by atoms with E-state index in [0.717, 1.165) is 37.3 Å². The van der Waals surface area contributed by atoms with Crippen molar-refractivity contribution in [2.24, 2.45) is 0 Å². The topological polar surface area (TPSA) is 81.5 Å². The summed E-state index contributed by atoms with van der Waals surface area (Å²) in [6.45, 7) is 13.7. The van der Waals surface area contributed by atoms with Gasteiger partial charge in [-0.25, -0.2) is 4.98 Å². The van der Waals surface area contributed by atoms with E-state index in [9.17, 15) is 10.1 Å². The normalized spacial score (nSPS) is 15.9. The number of nitriles is 1.